The van der Waals surface area contributed by atoms with Crippen molar-refractivity contribution in [2.75, 3.05) is 13.2 Å². The van der Waals surface area contributed by atoms with Crippen LogP contribution in [-0.4, -0.2) is 25.2 Å². The zero-order valence-electron chi connectivity index (χ0n) is 13.2. The lowest BCUT2D eigenvalue weighted by atomic mass is 10.1. The van der Waals surface area contributed by atoms with Crippen molar-refractivity contribution in [3.63, 3.8) is 0 Å². The largest absolute Gasteiger partial charge is 0.466 e. The zero-order chi connectivity index (χ0) is 15.5. The van der Waals surface area contributed by atoms with Gasteiger partial charge in [-0.05, 0) is 31.1 Å². The standard InChI is InChI=1S/C16H28O4/c1-12(2)8-10-19-15(17)7-6-14(5)16(18)20-11-9-13(3)4/h12-13H,5-11H2,1-4H3. The SMILES string of the molecule is C=C(CCC(=O)OCCC(C)C)C(=O)OCCC(C)C. The lowest BCUT2D eigenvalue weighted by molar-refractivity contribution is -0.144. The van der Waals surface area contributed by atoms with E-state index in [4.69, 9.17) is 9.47 Å². The molecule has 0 bridgehead atoms. The van der Waals surface area contributed by atoms with Gasteiger partial charge in [-0.3, -0.25) is 4.79 Å². The molecule has 4 nitrogen and oxygen atoms in total. The van der Waals surface area contributed by atoms with E-state index >= 15 is 0 Å². The minimum absolute atomic E-state index is 0.177. The van der Waals surface area contributed by atoms with Crippen LogP contribution in [0.1, 0.15) is 53.4 Å². The molecule has 0 fully saturated rings. The van der Waals surface area contributed by atoms with Crippen LogP contribution in [-0.2, 0) is 19.1 Å². The molecule has 0 N–H and O–H groups in total. The third kappa shape index (κ3) is 10.6. The van der Waals surface area contributed by atoms with Gasteiger partial charge < -0.3 is 9.47 Å². The predicted octanol–water partition coefficient (Wildman–Crippen LogP) is 3.50. The smallest absolute Gasteiger partial charge is 0.333 e. The maximum atomic E-state index is 11.6. The van der Waals surface area contributed by atoms with Gasteiger partial charge in [0.15, 0.2) is 0 Å². The number of rotatable bonds is 10. The fraction of sp³-hybridized carbons (Fsp3) is 0.750. The molecule has 0 rings (SSSR count). The van der Waals surface area contributed by atoms with Gasteiger partial charge in [0, 0.05) is 12.0 Å². The Morgan fingerprint density at radius 3 is 1.90 bits per heavy atom. The highest BCUT2D eigenvalue weighted by molar-refractivity contribution is 5.88. The Kier molecular flexibility index (Phi) is 9.77. The molecule has 0 aromatic carbocycles. The minimum Gasteiger partial charge on any atom is -0.466 e. The van der Waals surface area contributed by atoms with Gasteiger partial charge in [0.1, 0.15) is 0 Å². The van der Waals surface area contributed by atoms with Gasteiger partial charge in [0.05, 0.1) is 13.2 Å². The first-order chi connectivity index (χ1) is 9.32. The van der Waals surface area contributed by atoms with Gasteiger partial charge in [-0.25, -0.2) is 4.79 Å². The van der Waals surface area contributed by atoms with Crippen molar-refractivity contribution in [1.29, 1.82) is 0 Å². The Morgan fingerprint density at radius 2 is 1.40 bits per heavy atom. The Hall–Kier alpha value is -1.32. The van der Waals surface area contributed by atoms with Crippen molar-refractivity contribution in [2.45, 2.75) is 53.4 Å². The van der Waals surface area contributed by atoms with Gasteiger partial charge in [-0.1, -0.05) is 34.3 Å². The molecule has 0 saturated heterocycles. The summed E-state index contributed by atoms with van der Waals surface area (Å²) in [5, 5.41) is 0. The summed E-state index contributed by atoms with van der Waals surface area (Å²) in [4.78, 5) is 23.0. The first-order valence-electron chi connectivity index (χ1n) is 7.33. The summed E-state index contributed by atoms with van der Waals surface area (Å²) < 4.78 is 10.1. The Labute approximate surface area is 122 Å². The van der Waals surface area contributed by atoms with Crippen molar-refractivity contribution in [3.8, 4) is 0 Å². The molecule has 0 aliphatic rings. The summed E-state index contributed by atoms with van der Waals surface area (Å²) in [6.45, 7) is 12.8. The van der Waals surface area contributed by atoms with Gasteiger partial charge in [0.25, 0.3) is 0 Å². The Bertz CT molecular complexity index is 318. The summed E-state index contributed by atoms with van der Waals surface area (Å²) in [5.74, 6) is 0.295. The van der Waals surface area contributed by atoms with E-state index in [2.05, 4.69) is 34.3 Å². The lowest BCUT2D eigenvalue weighted by Crippen LogP contribution is -2.12. The number of hydrogen-bond acceptors (Lipinski definition) is 4. The van der Waals surface area contributed by atoms with Crippen LogP contribution in [0.3, 0.4) is 0 Å². The molecule has 0 atom stereocenters. The molecule has 0 aliphatic heterocycles. The van der Waals surface area contributed by atoms with Crippen LogP contribution in [0.4, 0.5) is 0 Å². The quantitative estimate of drug-likeness (QED) is 0.455. The van der Waals surface area contributed by atoms with Crippen molar-refractivity contribution in [3.05, 3.63) is 12.2 Å². The highest BCUT2D eigenvalue weighted by Gasteiger charge is 2.12. The van der Waals surface area contributed by atoms with Crippen LogP contribution in [0, 0.1) is 11.8 Å². The summed E-state index contributed by atoms with van der Waals surface area (Å²) in [7, 11) is 0. The maximum absolute atomic E-state index is 11.6. The van der Waals surface area contributed by atoms with Crippen LogP contribution in [0.5, 0.6) is 0 Å². The summed E-state index contributed by atoms with van der Waals surface area (Å²) in [6.07, 6.45) is 2.15. The number of ether oxygens (including phenoxy) is 2. The first-order valence-corrected chi connectivity index (χ1v) is 7.33. The Balaban J connectivity index is 3.75. The summed E-state index contributed by atoms with van der Waals surface area (Å²) in [6, 6.07) is 0. The van der Waals surface area contributed by atoms with E-state index in [0.29, 0.717) is 37.0 Å². The van der Waals surface area contributed by atoms with Crippen molar-refractivity contribution in [1.82, 2.24) is 0 Å². The fourth-order valence-corrected chi connectivity index (χ4v) is 1.33. The third-order valence-electron chi connectivity index (χ3n) is 2.81. The second-order valence-electron chi connectivity index (χ2n) is 5.82. The topological polar surface area (TPSA) is 52.6 Å². The van der Waals surface area contributed by atoms with Gasteiger partial charge in [-0.15, -0.1) is 0 Å². The third-order valence-corrected chi connectivity index (χ3v) is 2.81. The second kappa shape index (κ2) is 10.5. The number of carbonyl (C=O) groups is 2. The average Bonchev–Trinajstić information content (AvgIpc) is 2.34. The molecule has 20 heavy (non-hydrogen) atoms. The van der Waals surface area contributed by atoms with Crippen molar-refractivity contribution in [2.24, 2.45) is 11.8 Å². The van der Waals surface area contributed by atoms with E-state index in [1.54, 1.807) is 0 Å². The van der Waals surface area contributed by atoms with Gasteiger partial charge >= 0.3 is 11.9 Å². The van der Waals surface area contributed by atoms with E-state index in [1.807, 2.05) is 0 Å². The van der Waals surface area contributed by atoms with Crippen LogP contribution >= 0.6 is 0 Å². The van der Waals surface area contributed by atoms with E-state index in [1.165, 1.54) is 0 Å². The fourth-order valence-electron chi connectivity index (χ4n) is 1.33. The van der Waals surface area contributed by atoms with Crippen LogP contribution < -0.4 is 0 Å². The molecule has 0 aromatic rings. The molecule has 0 amide bonds. The van der Waals surface area contributed by atoms with Crippen molar-refractivity contribution < 1.29 is 19.1 Å². The molecule has 0 spiro atoms. The predicted molar refractivity (Wildman–Crippen MR) is 79.2 cm³/mol. The van der Waals surface area contributed by atoms with E-state index < -0.39 is 5.97 Å². The molecular weight excluding hydrogens is 256 g/mol. The second-order valence-corrected chi connectivity index (χ2v) is 5.82. The highest BCUT2D eigenvalue weighted by atomic mass is 16.5. The zero-order valence-corrected chi connectivity index (χ0v) is 13.2. The molecule has 0 heterocycles. The molecule has 0 aliphatic carbocycles. The van der Waals surface area contributed by atoms with E-state index in [0.717, 1.165) is 12.8 Å². The monoisotopic (exact) mass is 284 g/mol. The molecule has 116 valence electrons. The van der Waals surface area contributed by atoms with E-state index in [-0.39, 0.29) is 12.4 Å². The maximum Gasteiger partial charge on any atom is 0.333 e. The number of esters is 2. The molecule has 0 saturated carbocycles. The van der Waals surface area contributed by atoms with Crippen molar-refractivity contribution >= 4 is 11.9 Å². The van der Waals surface area contributed by atoms with Gasteiger partial charge in [-0.2, -0.15) is 0 Å². The molecule has 4 heteroatoms. The first kappa shape index (κ1) is 18.7. The van der Waals surface area contributed by atoms with Gasteiger partial charge in [0.2, 0.25) is 0 Å². The molecule has 0 radical (unpaired) electrons. The Morgan fingerprint density at radius 1 is 0.900 bits per heavy atom. The van der Waals surface area contributed by atoms with Crippen LogP contribution in [0.25, 0.3) is 0 Å². The number of hydrogen-bond donors (Lipinski definition) is 0. The number of carbonyl (C=O) groups excluding carboxylic acids is 2. The molecule has 0 unspecified atom stereocenters. The normalized spacial score (nSPS) is 10.7. The van der Waals surface area contributed by atoms with E-state index in [9.17, 15) is 9.59 Å². The summed E-state index contributed by atoms with van der Waals surface area (Å²) >= 11 is 0. The molecule has 0 aromatic heterocycles. The average molecular weight is 284 g/mol. The van der Waals surface area contributed by atoms with Crippen LogP contribution in [0.15, 0.2) is 12.2 Å². The molecular formula is C16H28O4. The highest BCUT2D eigenvalue weighted by Crippen LogP contribution is 2.08. The minimum atomic E-state index is -0.416. The lowest BCUT2D eigenvalue weighted by Gasteiger charge is -2.09. The van der Waals surface area contributed by atoms with Crippen LogP contribution in [0.2, 0.25) is 0 Å². The summed E-state index contributed by atoms with van der Waals surface area (Å²) in [5.41, 5.74) is 0.328.